The number of allylic oxidation sites excluding steroid dienone is 18. The quantitative estimate of drug-likeness (QED) is 0.0167. The number of hydrogen-bond acceptors (Lipinski definition) is 23. The number of unbranched alkanes of at least 4 members (excludes halogenated alkanes) is 1. The first-order chi connectivity index (χ1) is 50.3. The van der Waals surface area contributed by atoms with Gasteiger partial charge < -0.3 is 108 Å². The number of rotatable bonds is 49. The van der Waals surface area contributed by atoms with Gasteiger partial charge in [-0.15, -0.1) is 0 Å². The van der Waals surface area contributed by atoms with Crippen molar-refractivity contribution < 1.29 is 110 Å². The standard InChI is InChI=1S/C43H59NO10.C38H64N2O12/c1-30(24-20-16-12-8-5-6-11-15-19-23-27-37(48)44-38-35(46)28-29-36(38)47)39(49)32(3)34(45)26-22-18-14-10-7-9-13-17-21-25-31(2)53-43-42(52)41(51)40(50)33(4)54-43;1-24(2)37(51)23-35(50)22-34(49)20-30(45)9-4-8-29(44)19-33(48)21-32(47)18-28(43)7-3-6-27(42)17-31(46)10-5-15-40-38(52)36(39)16-25-11-13-26(41)14-12-25/h5-11,13-15,17-24,26-27,30-34,39-43,45-46,49-52H,12,16,25,28-29H2,1-4H3,(H,44,48);3-4,7,9,11-14,24,27-36,41-50H,5-6,8,10,15-23,39H2,1-2H3,(H,40,52)/b8-5+,10-7+,11-6+,13-9+,18-14+,19-15+,21-17+,24-20+,26-22+,27-23+;7-3+,9-4+. The highest BCUT2D eigenvalue weighted by Crippen LogP contribution is 2.25. The molecule has 1 aromatic carbocycles. The molecule has 2 aliphatic rings. The van der Waals surface area contributed by atoms with E-state index in [4.69, 9.17) is 15.2 Å². The van der Waals surface area contributed by atoms with Gasteiger partial charge in [-0.25, -0.2) is 0 Å². The highest BCUT2D eigenvalue weighted by atomic mass is 16.7. The van der Waals surface area contributed by atoms with E-state index >= 15 is 0 Å². The maximum absolute atomic E-state index is 12.2. The van der Waals surface area contributed by atoms with E-state index in [9.17, 15) is 101 Å². The van der Waals surface area contributed by atoms with Crippen LogP contribution in [0, 0.1) is 17.8 Å². The summed E-state index contributed by atoms with van der Waals surface area (Å²) in [4.78, 5) is 47.4. The number of benzene rings is 1. The lowest BCUT2D eigenvalue weighted by molar-refractivity contribution is -0.302. The fourth-order valence-electron chi connectivity index (χ4n) is 10.9. The number of aromatic hydroxyl groups is 1. The lowest BCUT2D eigenvalue weighted by Gasteiger charge is -2.39. The Hall–Kier alpha value is -6.96. The molecule has 1 aromatic rings. The van der Waals surface area contributed by atoms with Gasteiger partial charge in [-0.3, -0.25) is 19.2 Å². The monoisotopic (exact) mass is 1490 g/mol. The summed E-state index contributed by atoms with van der Waals surface area (Å²) in [5.74, 6) is -1.84. The lowest BCUT2D eigenvalue weighted by atomic mass is 9.88. The van der Waals surface area contributed by atoms with E-state index < -0.39 is 110 Å². The van der Waals surface area contributed by atoms with Gasteiger partial charge in [-0.05, 0) is 109 Å². The van der Waals surface area contributed by atoms with Gasteiger partial charge in [-0.1, -0.05) is 180 Å². The van der Waals surface area contributed by atoms with E-state index in [-0.39, 0.29) is 129 Å². The topological polar surface area (TPSA) is 461 Å². The molecule has 20 atom stereocenters. The molecule has 1 saturated heterocycles. The predicted molar refractivity (Wildman–Crippen MR) is 406 cm³/mol. The van der Waals surface area contributed by atoms with E-state index in [2.05, 4.69) is 10.6 Å². The second kappa shape index (κ2) is 54.6. The Balaban J connectivity index is 0.000000721. The third-order valence-electron chi connectivity index (χ3n) is 17.3. The zero-order valence-electron chi connectivity index (χ0n) is 62.2. The van der Waals surface area contributed by atoms with Gasteiger partial charge >= 0.3 is 0 Å². The summed E-state index contributed by atoms with van der Waals surface area (Å²) < 4.78 is 11.1. The van der Waals surface area contributed by atoms with Crippen LogP contribution in [-0.2, 0) is 35.1 Å². The predicted octanol–water partition coefficient (Wildman–Crippen LogP) is 5.45. The number of ether oxygens (including phenoxy) is 2. The molecule has 0 bridgehead atoms. The fraction of sp³-hybridized carbons (Fsp3) is 0.556. The molecule has 0 saturated carbocycles. The van der Waals surface area contributed by atoms with E-state index in [1.807, 2.05) is 99.8 Å². The Bertz CT molecular complexity index is 3080. The van der Waals surface area contributed by atoms with Crippen LogP contribution in [0.5, 0.6) is 5.75 Å². The second-order valence-corrected chi connectivity index (χ2v) is 27.5. The van der Waals surface area contributed by atoms with Crippen molar-refractivity contribution in [3.8, 4) is 5.75 Å². The maximum Gasteiger partial charge on any atom is 0.248 e. The first-order valence-corrected chi connectivity index (χ1v) is 36.7. The molecule has 2 amide bonds. The third kappa shape index (κ3) is 43.1. The number of nitrogens with one attached hydrogen (secondary N) is 2. The molecule has 594 valence electrons. The molecule has 20 N–H and O–H groups in total. The number of ketones is 2. The van der Waals surface area contributed by atoms with Gasteiger partial charge in [0.1, 0.15) is 41.3 Å². The first-order valence-electron chi connectivity index (χ1n) is 36.7. The SMILES string of the molecule is CC(C)C(=O)CC(O)CC(O)CC(O)/C=C/CC(O)CC(O)CC(O)CC(O)/C=C/CC(O)CC(O)CCCNC(=O)C(N)Cc1ccc(O)cc1.CC(C/C=C/C=C/C=C/C=C/C=C/C(O)C(C)C(O)C(C)/C=C/CC/C=C/C=C/C=C/C=C/C(=O)NC1=C(O)CCC1=O)OC1OC(C)C(O)C(O)C1O. The van der Waals surface area contributed by atoms with Crippen molar-refractivity contribution in [1.29, 1.82) is 0 Å². The van der Waals surface area contributed by atoms with Crippen LogP contribution in [0.1, 0.15) is 150 Å². The van der Waals surface area contributed by atoms with E-state index in [0.29, 0.717) is 32.2 Å². The minimum Gasteiger partial charge on any atom is -0.510 e. The maximum atomic E-state index is 12.2. The minimum absolute atomic E-state index is 0.0185. The zero-order valence-corrected chi connectivity index (χ0v) is 62.2. The van der Waals surface area contributed by atoms with Gasteiger partial charge in [0.25, 0.3) is 0 Å². The molecular weight excluding hydrogens is 1370 g/mol. The van der Waals surface area contributed by atoms with Crippen LogP contribution in [-0.4, -0.2) is 222 Å². The Morgan fingerprint density at radius 2 is 1.09 bits per heavy atom. The molecule has 20 unspecified atom stereocenters. The largest absolute Gasteiger partial charge is 0.510 e. The van der Waals surface area contributed by atoms with Crippen LogP contribution >= 0.6 is 0 Å². The number of aliphatic hydroxyl groups excluding tert-OH is 15. The first kappa shape index (κ1) is 95.1. The number of amides is 2. The number of phenols is 1. The average Bonchev–Trinajstić information content (AvgIpc) is 1.50. The molecule has 25 nitrogen and oxygen atoms in total. The molecule has 3 rings (SSSR count). The Kier molecular flexibility index (Phi) is 49.0. The molecule has 106 heavy (non-hydrogen) atoms. The zero-order chi connectivity index (χ0) is 79.1. The number of aliphatic hydroxyl groups is 15. The smallest absolute Gasteiger partial charge is 0.248 e. The van der Waals surface area contributed by atoms with Gasteiger partial charge in [0.15, 0.2) is 12.1 Å². The molecule has 1 fully saturated rings. The summed E-state index contributed by atoms with van der Waals surface area (Å²) in [6.45, 7) is 10.9. The Labute approximate surface area is 625 Å². The summed E-state index contributed by atoms with van der Waals surface area (Å²) in [7, 11) is 0. The van der Waals surface area contributed by atoms with Crippen LogP contribution in [0.2, 0.25) is 0 Å². The lowest BCUT2D eigenvalue weighted by Crippen LogP contribution is -2.57. The van der Waals surface area contributed by atoms with Crippen molar-refractivity contribution in [2.24, 2.45) is 23.5 Å². The van der Waals surface area contributed by atoms with Crippen molar-refractivity contribution in [2.45, 2.75) is 261 Å². The molecule has 1 heterocycles. The van der Waals surface area contributed by atoms with Gasteiger partial charge in [0, 0.05) is 62.5 Å². The van der Waals surface area contributed by atoms with Crippen LogP contribution in [0.3, 0.4) is 0 Å². The van der Waals surface area contributed by atoms with E-state index in [0.717, 1.165) is 18.4 Å². The molecular formula is C81H123N3O22. The van der Waals surface area contributed by atoms with Gasteiger partial charge in [-0.2, -0.15) is 0 Å². The summed E-state index contributed by atoms with van der Waals surface area (Å²) in [5, 5.41) is 167. The summed E-state index contributed by atoms with van der Waals surface area (Å²) in [6.07, 6.45) is 29.6. The molecule has 0 radical (unpaired) electrons. The van der Waals surface area contributed by atoms with Crippen molar-refractivity contribution in [2.75, 3.05) is 6.54 Å². The van der Waals surface area contributed by atoms with Crippen molar-refractivity contribution in [1.82, 2.24) is 10.6 Å². The molecule has 1 aliphatic heterocycles. The molecule has 0 spiro atoms. The van der Waals surface area contributed by atoms with Crippen LogP contribution in [0.25, 0.3) is 0 Å². The second-order valence-electron chi connectivity index (χ2n) is 27.5. The average molecular weight is 1490 g/mol. The van der Waals surface area contributed by atoms with Crippen LogP contribution in [0.4, 0.5) is 0 Å². The number of hydrogen-bond donors (Lipinski definition) is 19. The van der Waals surface area contributed by atoms with E-state index in [1.54, 1.807) is 75.4 Å². The highest BCUT2D eigenvalue weighted by molar-refractivity contribution is 6.03. The third-order valence-corrected chi connectivity index (χ3v) is 17.3. The Morgan fingerprint density at radius 1 is 0.575 bits per heavy atom. The van der Waals surface area contributed by atoms with Crippen molar-refractivity contribution in [3.05, 3.63) is 187 Å². The number of carbonyl (C=O) groups excluding carboxylic acids is 4. The molecule has 0 aromatic heterocycles. The van der Waals surface area contributed by atoms with Crippen molar-refractivity contribution >= 4 is 23.4 Å². The summed E-state index contributed by atoms with van der Waals surface area (Å²) >= 11 is 0. The van der Waals surface area contributed by atoms with Crippen LogP contribution < -0.4 is 16.4 Å². The fourth-order valence-corrected chi connectivity index (χ4v) is 10.9. The van der Waals surface area contributed by atoms with Gasteiger partial charge in [0.05, 0.1) is 85.4 Å². The minimum atomic E-state index is -1.32. The normalized spacial score (nSPS) is 22.2. The van der Waals surface area contributed by atoms with Crippen molar-refractivity contribution in [3.63, 3.8) is 0 Å². The highest BCUT2D eigenvalue weighted by Gasteiger charge is 2.43. The number of Topliss-reactive ketones (excluding diaryl/α,β-unsaturated/α-hetero) is 2. The number of nitrogens with two attached hydrogens (primary N) is 1. The summed E-state index contributed by atoms with van der Waals surface area (Å²) in [5.41, 5.74) is 6.74. The molecule has 1 aliphatic carbocycles. The van der Waals surface area contributed by atoms with Gasteiger partial charge in [0.2, 0.25) is 11.8 Å². The number of phenolic OH excluding ortho intramolecular Hbond substituents is 1. The summed E-state index contributed by atoms with van der Waals surface area (Å²) in [6, 6.07) is 5.67. The number of carbonyl (C=O) groups is 4. The Morgan fingerprint density at radius 3 is 1.67 bits per heavy atom. The van der Waals surface area contributed by atoms with Crippen LogP contribution in [0.15, 0.2) is 182 Å². The van der Waals surface area contributed by atoms with E-state index in [1.165, 1.54) is 36.4 Å². The molecule has 25 heteroatoms.